The smallest absolute Gasteiger partial charge is 0.314 e. The number of esters is 1. The second-order valence-corrected chi connectivity index (χ2v) is 6.86. The number of amides is 1. The average Bonchev–Trinajstić information content (AvgIpc) is 2.69. The van der Waals surface area contributed by atoms with Gasteiger partial charge in [-0.2, -0.15) is 0 Å². The number of rotatable bonds is 5. The second-order valence-electron chi connectivity index (χ2n) is 6.86. The first-order chi connectivity index (χ1) is 12.6. The molecule has 2 aromatic carbocycles. The molecule has 0 spiro atoms. The van der Waals surface area contributed by atoms with E-state index in [1.165, 1.54) is 0 Å². The number of nitrogens with zero attached hydrogens (tertiary/aromatic N) is 1. The number of hydrogen-bond donors (Lipinski definition) is 0. The van der Waals surface area contributed by atoms with Gasteiger partial charge in [-0.3, -0.25) is 9.59 Å². The SMILES string of the molecule is CCOC(=O)C1(Cc2ccccc2)CCCN(C(=O)c2ccccc2)C1. The monoisotopic (exact) mass is 351 g/mol. The molecule has 1 saturated heterocycles. The largest absolute Gasteiger partial charge is 0.466 e. The van der Waals surface area contributed by atoms with Gasteiger partial charge in [0.05, 0.1) is 12.0 Å². The molecule has 1 amide bonds. The maximum atomic E-state index is 12.9. The van der Waals surface area contributed by atoms with E-state index in [1.54, 1.807) is 4.90 Å². The maximum Gasteiger partial charge on any atom is 0.314 e. The van der Waals surface area contributed by atoms with Gasteiger partial charge in [0.1, 0.15) is 0 Å². The number of piperidine rings is 1. The summed E-state index contributed by atoms with van der Waals surface area (Å²) in [5, 5.41) is 0. The molecule has 0 saturated carbocycles. The summed E-state index contributed by atoms with van der Waals surface area (Å²) in [5.41, 5.74) is 1.07. The molecule has 1 unspecified atom stereocenters. The van der Waals surface area contributed by atoms with Gasteiger partial charge in [-0.1, -0.05) is 48.5 Å². The van der Waals surface area contributed by atoms with Gasteiger partial charge < -0.3 is 9.64 Å². The Balaban J connectivity index is 1.86. The summed E-state index contributed by atoms with van der Waals surface area (Å²) in [4.78, 5) is 27.6. The normalized spacial score (nSPS) is 19.8. The van der Waals surface area contributed by atoms with E-state index >= 15 is 0 Å². The Hall–Kier alpha value is -2.62. The molecule has 4 nitrogen and oxygen atoms in total. The second kappa shape index (κ2) is 8.17. The molecule has 1 aliphatic heterocycles. The van der Waals surface area contributed by atoms with Gasteiger partial charge in [-0.15, -0.1) is 0 Å². The molecule has 3 rings (SSSR count). The molecule has 0 radical (unpaired) electrons. The van der Waals surface area contributed by atoms with Crippen molar-refractivity contribution in [3.05, 3.63) is 71.8 Å². The fraction of sp³-hybridized carbons (Fsp3) is 0.364. The third kappa shape index (κ3) is 3.96. The molecule has 4 heteroatoms. The van der Waals surface area contributed by atoms with E-state index in [0.29, 0.717) is 31.7 Å². The van der Waals surface area contributed by atoms with E-state index in [0.717, 1.165) is 18.4 Å². The van der Waals surface area contributed by atoms with Crippen LogP contribution < -0.4 is 0 Å². The van der Waals surface area contributed by atoms with Crippen molar-refractivity contribution in [1.82, 2.24) is 4.90 Å². The minimum absolute atomic E-state index is 0.0213. The highest BCUT2D eigenvalue weighted by atomic mass is 16.5. The van der Waals surface area contributed by atoms with E-state index < -0.39 is 5.41 Å². The van der Waals surface area contributed by atoms with E-state index in [4.69, 9.17) is 4.74 Å². The van der Waals surface area contributed by atoms with Crippen LogP contribution in [0.25, 0.3) is 0 Å². The third-order valence-electron chi connectivity index (χ3n) is 4.98. The molecule has 136 valence electrons. The van der Waals surface area contributed by atoms with Gasteiger partial charge in [-0.25, -0.2) is 0 Å². The summed E-state index contributed by atoms with van der Waals surface area (Å²) < 4.78 is 5.41. The zero-order chi connectivity index (χ0) is 18.4. The van der Waals surface area contributed by atoms with Crippen LogP contribution >= 0.6 is 0 Å². The van der Waals surface area contributed by atoms with E-state index in [9.17, 15) is 9.59 Å². The molecule has 1 fully saturated rings. The van der Waals surface area contributed by atoms with Crippen molar-refractivity contribution in [1.29, 1.82) is 0 Å². The van der Waals surface area contributed by atoms with Gasteiger partial charge >= 0.3 is 5.97 Å². The molecular formula is C22H25NO3. The molecule has 2 aromatic rings. The van der Waals surface area contributed by atoms with E-state index in [2.05, 4.69) is 0 Å². The molecule has 0 N–H and O–H groups in total. The Labute approximate surface area is 154 Å². The number of hydrogen-bond acceptors (Lipinski definition) is 3. The molecule has 1 atom stereocenters. The molecule has 1 heterocycles. The number of ether oxygens (including phenoxy) is 1. The van der Waals surface area contributed by atoms with Crippen molar-refractivity contribution < 1.29 is 14.3 Å². The Bertz CT molecular complexity index is 744. The summed E-state index contributed by atoms with van der Waals surface area (Å²) in [5.74, 6) is -0.221. The van der Waals surface area contributed by atoms with Gasteiger partial charge in [-0.05, 0) is 43.9 Å². The van der Waals surface area contributed by atoms with Crippen LogP contribution in [0.15, 0.2) is 60.7 Å². The molecule has 0 aliphatic carbocycles. The van der Waals surface area contributed by atoms with Gasteiger partial charge in [0.25, 0.3) is 5.91 Å². The van der Waals surface area contributed by atoms with Crippen LogP contribution in [-0.2, 0) is 16.0 Å². The molecule has 1 aliphatic rings. The Morgan fingerprint density at radius 2 is 1.69 bits per heavy atom. The summed E-state index contributed by atoms with van der Waals surface area (Å²) in [6.07, 6.45) is 2.12. The predicted molar refractivity (Wildman–Crippen MR) is 101 cm³/mol. The summed E-state index contributed by atoms with van der Waals surface area (Å²) in [6, 6.07) is 19.2. The van der Waals surface area contributed by atoms with E-state index in [1.807, 2.05) is 67.6 Å². The molecule has 0 aromatic heterocycles. The first-order valence-electron chi connectivity index (χ1n) is 9.20. The standard InChI is InChI=1S/C22H25NO3/c1-2-26-21(25)22(16-18-10-5-3-6-11-18)14-9-15-23(17-22)20(24)19-12-7-4-8-13-19/h3-8,10-13H,2,9,14-17H2,1H3. The number of benzene rings is 2. The van der Waals surface area contributed by atoms with Crippen molar-refractivity contribution in [2.24, 2.45) is 5.41 Å². The average molecular weight is 351 g/mol. The maximum absolute atomic E-state index is 12.9. The first kappa shape index (κ1) is 18.2. The lowest BCUT2D eigenvalue weighted by atomic mass is 9.75. The van der Waals surface area contributed by atoms with Crippen molar-refractivity contribution in [2.75, 3.05) is 19.7 Å². The van der Waals surface area contributed by atoms with Crippen molar-refractivity contribution >= 4 is 11.9 Å². The number of carbonyl (C=O) groups is 2. The van der Waals surface area contributed by atoms with Gasteiger partial charge in [0, 0.05) is 18.7 Å². The lowest BCUT2D eigenvalue weighted by molar-refractivity contribution is -0.158. The highest BCUT2D eigenvalue weighted by molar-refractivity contribution is 5.94. The highest BCUT2D eigenvalue weighted by Gasteiger charge is 2.44. The fourth-order valence-corrected chi connectivity index (χ4v) is 3.72. The molecule has 26 heavy (non-hydrogen) atoms. The van der Waals surface area contributed by atoms with Crippen LogP contribution in [0.2, 0.25) is 0 Å². The predicted octanol–water partition coefficient (Wildman–Crippen LogP) is 3.71. The van der Waals surface area contributed by atoms with Crippen LogP contribution in [0.4, 0.5) is 0 Å². The minimum Gasteiger partial charge on any atom is -0.466 e. The number of carbonyl (C=O) groups excluding carboxylic acids is 2. The van der Waals surface area contributed by atoms with Crippen LogP contribution in [0.1, 0.15) is 35.7 Å². The Morgan fingerprint density at radius 1 is 1.04 bits per heavy atom. The van der Waals surface area contributed by atoms with Crippen molar-refractivity contribution in [3.8, 4) is 0 Å². The molecular weight excluding hydrogens is 326 g/mol. The van der Waals surface area contributed by atoms with E-state index in [-0.39, 0.29) is 11.9 Å². The lowest BCUT2D eigenvalue weighted by Crippen LogP contribution is -2.51. The Morgan fingerprint density at radius 3 is 2.35 bits per heavy atom. The lowest BCUT2D eigenvalue weighted by Gasteiger charge is -2.41. The van der Waals surface area contributed by atoms with Crippen LogP contribution in [0, 0.1) is 5.41 Å². The van der Waals surface area contributed by atoms with Gasteiger partial charge in [0.15, 0.2) is 0 Å². The Kier molecular flexibility index (Phi) is 5.71. The first-order valence-corrected chi connectivity index (χ1v) is 9.20. The summed E-state index contributed by atoms with van der Waals surface area (Å²) in [6.45, 7) is 3.24. The van der Waals surface area contributed by atoms with Gasteiger partial charge in [0.2, 0.25) is 0 Å². The number of likely N-dealkylation sites (tertiary alicyclic amines) is 1. The zero-order valence-corrected chi connectivity index (χ0v) is 15.2. The zero-order valence-electron chi connectivity index (χ0n) is 15.2. The van der Waals surface area contributed by atoms with Crippen LogP contribution in [-0.4, -0.2) is 36.5 Å². The summed E-state index contributed by atoms with van der Waals surface area (Å²) in [7, 11) is 0. The third-order valence-corrected chi connectivity index (χ3v) is 4.98. The minimum atomic E-state index is -0.681. The highest BCUT2D eigenvalue weighted by Crippen LogP contribution is 2.36. The molecule has 0 bridgehead atoms. The van der Waals surface area contributed by atoms with Crippen LogP contribution in [0.3, 0.4) is 0 Å². The van der Waals surface area contributed by atoms with Crippen LogP contribution in [0.5, 0.6) is 0 Å². The quantitative estimate of drug-likeness (QED) is 0.772. The fourth-order valence-electron chi connectivity index (χ4n) is 3.72. The summed E-state index contributed by atoms with van der Waals surface area (Å²) >= 11 is 0. The van der Waals surface area contributed by atoms with Crippen molar-refractivity contribution in [2.45, 2.75) is 26.2 Å². The van der Waals surface area contributed by atoms with Crippen molar-refractivity contribution in [3.63, 3.8) is 0 Å². The topological polar surface area (TPSA) is 46.6 Å².